The second kappa shape index (κ2) is 3.46. The van der Waals surface area contributed by atoms with Crippen molar-refractivity contribution in [1.29, 1.82) is 0 Å². The van der Waals surface area contributed by atoms with Crippen molar-refractivity contribution in [3.8, 4) is 0 Å². The lowest BCUT2D eigenvalue weighted by Gasteiger charge is -2.16. The van der Waals surface area contributed by atoms with Crippen LogP contribution in [0.1, 0.15) is 20.3 Å². The molecule has 0 bridgehead atoms. The molecule has 0 aromatic rings. The van der Waals surface area contributed by atoms with Crippen LogP contribution in [-0.2, 0) is 4.74 Å². The molecule has 0 aromatic carbocycles. The molecule has 2 nitrogen and oxygen atoms in total. The zero-order valence-electron chi connectivity index (χ0n) is 7.13. The van der Waals surface area contributed by atoms with Crippen LogP contribution in [0.5, 0.6) is 0 Å². The highest BCUT2D eigenvalue weighted by Crippen LogP contribution is 2.19. The Hall–Kier alpha value is -0.920. The number of nitrogens with two attached hydrogens (primary N) is 1. The number of ether oxygens (including phenoxy) is 1. The summed E-state index contributed by atoms with van der Waals surface area (Å²) in [5.74, 6) is 1.41. The largest absolute Gasteiger partial charge is 0.492 e. The molecular formula is C9H15NO. The van der Waals surface area contributed by atoms with E-state index in [-0.39, 0.29) is 0 Å². The van der Waals surface area contributed by atoms with Gasteiger partial charge in [0.1, 0.15) is 5.76 Å². The topological polar surface area (TPSA) is 35.2 Å². The molecule has 0 spiro atoms. The molecule has 0 aromatic heterocycles. The Bertz CT molecular complexity index is 194. The average molecular weight is 153 g/mol. The van der Waals surface area contributed by atoms with Gasteiger partial charge in [0.05, 0.1) is 12.3 Å². The molecule has 1 aliphatic carbocycles. The van der Waals surface area contributed by atoms with Gasteiger partial charge in [-0.3, -0.25) is 0 Å². The monoisotopic (exact) mass is 153 g/mol. The molecule has 2 N–H and O–H groups in total. The smallest absolute Gasteiger partial charge is 0.138 e. The summed E-state index contributed by atoms with van der Waals surface area (Å²) in [6.45, 7) is 4.81. The average Bonchev–Trinajstić information content (AvgIpc) is 1.98. The molecule has 11 heavy (non-hydrogen) atoms. The van der Waals surface area contributed by atoms with Gasteiger partial charge >= 0.3 is 0 Å². The first-order valence-corrected chi connectivity index (χ1v) is 4.04. The van der Waals surface area contributed by atoms with Crippen LogP contribution in [-0.4, -0.2) is 6.61 Å². The number of rotatable bonds is 2. The highest BCUT2D eigenvalue weighted by Gasteiger charge is 2.09. The predicted molar refractivity (Wildman–Crippen MR) is 45.8 cm³/mol. The van der Waals surface area contributed by atoms with E-state index in [9.17, 15) is 0 Å². The van der Waals surface area contributed by atoms with Crippen LogP contribution in [0.25, 0.3) is 0 Å². The van der Waals surface area contributed by atoms with Crippen molar-refractivity contribution >= 4 is 0 Å². The van der Waals surface area contributed by atoms with Crippen molar-refractivity contribution in [2.24, 2.45) is 11.7 Å². The summed E-state index contributed by atoms with van der Waals surface area (Å²) in [5, 5.41) is 0. The molecule has 0 aliphatic heterocycles. The summed E-state index contributed by atoms with van der Waals surface area (Å²) in [5.41, 5.74) is 6.48. The number of allylic oxidation sites excluding steroid dienone is 2. The van der Waals surface area contributed by atoms with Crippen LogP contribution in [0.2, 0.25) is 0 Å². The van der Waals surface area contributed by atoms with E-state index in [1.165, 1.54) is 0 Å². The molecule has 0 saturated carbocycles. The Balaban J connectivity index is 2.65. The third-order valence-electron chi connectivity index (χ3n) is 1.73. The lowest BCUT2D eigenvalue weighted by molar-refractivity contribution is 0.232. The third-order valence-corrected chi connectivity index (χ3v) is 1.73. The standard InChI is InChI=1S/C9H15NO/c1-3-11-9-6-7(2)4-5-8(9)10/h5-7H,3-4,10H2,1-2H3. The first-order chi connectivity index (χ1) is 5.24. The number of hydrogen-bond donors (Lipinski definition) is 1. The molecule has 0 heterocycles. The van der Waals surface area contributed by atoms with E-state index in [4.69, 9.17) is 10.5 Å². The van der Waals surface area contributed by atoms with E-state index in [0.717, 1.165) is 17.9 Å². The molecule has 1 unspecified atom stereocenters. The highest BCUT2D eigenvalue weighted by atomic mass is 16.5. The zero-order chi connectivity index (χ0) is 8.27. The number of hydrogen-bond acceptors (Lipinski definition) is 2. The first-order valence-electron chi connectivity index (χ1n) is 4.04. The fraction of sp³-hybridized carbons (Fsp3) is 0.556. The van der Waals surface area contributed by atoms with Gasteiger partial charge in [-0.25, -0.2) is 0 Å². The van der Waals surface area contributed by atoms with E-state index >= 15 is 0 Å². The Morgan fingerprint density at radius 3 is 3.09 bits per heavy atom. The Kier molecular flexibility index (Phi) is 2.58. The summed E-state index contributed by atoms with van der Waals surface area (Å²) in [7, 11) is 0. The van der Waals surface area contributed by atoms with Gasteiger partial charge in [-0.15, -0.1) is 0 Å². The summed E-state index contributed by atoms with van der Waals surface area (Å²) < 4.78 is 5.33. The molecular weight excluding hydrogens is 138 g/mol. The van der Waals surface area contributed by atoms with Gasteiger partial charge in [0, 0.05) is 0 Å². The van der Waals surface area contributed by atoms with Gasteiger partial charge < -0.3 is 10.5 Å². The zero-order valence-corrected chi connectivity index (χ0v) is 7.13. The second-order valence-electron chi connectivity index (χ2n) is 2.84. The van der Waals surface area contributed by atoms with Crippen molar-refractivity contribution in [1.82, 2.24) is 0 Å². The van der Waals surface area contributed by atoms with E-state index in [0.29, 0.717) is 12.5 Å². The Labute approximate surface area is 67.7 Å². The SMILES string of the molecule is CCOC1=CC(C)CC=C1N. The Morgan fingerprint density at radius 1 is 1.73 bits per heavy atom. The van der Waals surface area contributed by atoms with E-state index in [2.05, 4.69) is 13.0 Å². The predicted octanol–water partition coefficient (Wildman–Crippen LogP) is 1.79. The fourth-order valence-corrected chi connectivity index (χ4v) is 1.12. The molecule has 1 rings (SSSR count). The molecule has 0 amide bonds. The summed E-state index contributed by atoms with van der Waals surface area (Å²) in [6.07, 6.45) is 5.14. The normalized spacial score (nSPS) is 24.0. The summed E-state index contributed by atoms with van der Waals surface area (Å²) >= 11 is 0. The molecule has 1 aliphatic rings. The fourth-order valence-electron chi connectivity index (χ4n) is 1.12. The van der Waals surface area contributed by atoms with Crippen molar-refractivity contribution in [3.63, 3.8) is 0 Å². The van der Waals surface area contributed by atoms with Crippen molar-refractivity contribution in [3.05, 3.63) is 23.6 Å². The third kappa shape index (κ3) is 2.00. The molecule has 0 saturated heterocycles. The van der Waals surface area contributed by atoms with Crippen molar-refractivity contribution in [2.45, 2.75) is 20.3 Å². The van der Waals surface area contributed by atoms with Gasteiger partial charge in [-0.2, -0.15) is 0 Å². The van der Waals surface area contributed by atoms with Crippen LogP contribution in [0.3, 0.4) is 0 Å². The summed E-state index contributed by atoms with van der Waals surface area (Å²) in [6, 6.07) is 0. The van der Waals surface area contributed by atoms with Crippen molar-refractivity contribution in [2.75, 3.05) is 6.61 Å². The molecule has 0 radical (unpaired) electrons. The van der Waals surface area contributed by atoms with E-state index < -0.39 is 0 Å². The molecule has 1 atom stereocenters. The van der Waals surface area contributed by atoms with Gasteiger partial charge in [0.15, 0.2) is 0 Å². The molecule has 2 heteroatoms. The van der Waals surface area contributed by atoms with Gasteiger partial charge in [-0.05, 0) is 25.3 Å². The summed E-state index contributed by atoms with van der Waals surface area (Å²) in [4.78, 5) is 0. The van der Waals surface area contributed by atoms with Gasteiger partial charge in [0.25, 0.3) is 0 Å². The maximum Gasteiger partial charge on any atom is 0.138 e. The highest BCUT2D eigenvalue weighted by molar-refractivity contribution is 5.26. The second-order valence-corrected chi connectivity index (χ2v) is 2.84. The lowest BCUT2D eigenvalue weighted by atomic mass is 10.0. The van der Waals surface area contributed by atoms with Crippen LogP contribution in [0.15, 0.2) is 23.6 Å². The Morgan fingerprint density at radius 2 is 2.45 bits per heavy atom. The van der Waals surface area contributed by atoms with E-state index in [1.807, 2.05) is 13.0 Å². The quantitative estimate of drug-likeness (QED) is 0.656. The van der Waals surface area contributed by atoms with Crippen LogP contribution >= 0.6 is 0 Å². The van der Waals surface area contributed by atoms with Crippen molar-refractivity contribution < 1.29 is 4.74 Å². The maximum atomic E-state index is 5.70. The van der Waals surface area contributed by atoms with Gasteiger partial charge in [-0.1, -0.05) is 13.0 Å². The van der Waals surface area contributed by atoms with E-state index in [1.54, 1.807) is 0 Å². The first kappa shape index (κ1) is 8.18. The molecule has 62 valence electrons. The molecule has 0 fully saturated rings. The van der Waals surface area contributed by atoms with Crippen LogP contribution < -0.4 is 5.73 Å². The van der Waals surface area contributed by atoms with Gasteiger partial charge in [0.2, 0.25) is 0 Å². The van der Waals surface area contributed by atoms with Crippen LogP contribution in [0, 0.1) is 5.92 Å². The maximum absolute atomic E-state index is 5.70. The van der Waals surface area contributed by atoms with Crippen LogP contribution in [0.4, 0.5) is 0 Å². The minimum atomic E-state index is 0.559. The minimum absolute atomic E-state index is 0.559. The minimum Gasteiger partial charge on any atom is -0.492 e. The lowest BCUT2D eigenvalue weighted by Crippen LogP contribution is -2.10.